The van der Waals surface area contributed by atoms with Gasteiger partial charge in [-0.05, 0) is 87.4 Å². The molecule has 2 heteroatoms. The molecule has 0 radical (unpaired) electrons. The van der Waals surface area contributed by atoms with Crippen LogP contribution in [0.2, 0.25) is 0 Å². The number of aliphatic hydroxyl groups is 2. The van der Waals surface area contributed by atoms with Crippen LogP contribution in [0.25, 0.3) is 0 Å². The van der Waals surface area contributed by atoms with Crippen molar-refractivity contribution >= 4 is 0 Å². The maximum Gasteiger partial charge on any atom is 0.0797 e. The summed E-state index contributed by atoms with van der Waals surface area (Å²) < 4.78 is 0. The van der Waals surface area contributed by atoms with Crippen LogP contribution >= 0.6 is 0 Å². The molecule has 3 aliphatic rings. The molecule has 0 aliphatic heterocycles. The molecule has 0 amide bonds. The van der Waals surface area contributed by atoms with Crippen molar-refractivity contribution in [1.82, 2.24) is 0 Å². The Morgan fingerprint density at radius 3 is 2.50 bits per heavy atom. The van der Waals surface area contributed by atoms with Crippen molar-refractivity contribution in [3.8, 4) is 0 Å². The zero-order valence-electron chi connectivity index (χ0n) is 14.9. The Kier molecular flexibility index (Phi) is 3.63. The van der Waals surface area contributed by atoms with Gasteiger partial charge in [-0.25, -0.2) is 0 Å². The summed E-state index contributed by atoms with van der Waals surface area (Å²) in [5.74, 6) is 1.96. The van der Waals surface area contributed by atoms with Gasteiger partial charge < -0.3 is 10.2 Å². The van der Waals surface area contributed by atoms with Gasteiger partial charge in [-0.2, -0.15) is 0 Å². The van der Waals surface area contributed by atoms with Crippen LogP contribution in [-0.4, -0.2) is 21.4 Å². The zero-order chi connectivity index (χ0) is 16.4. The first kappa shape index (κ1) is 16.5. The molecule has 0 spiro atoms. The first-order chi connectivity index (χ1) is 10.1. The molecule has 126 valence electrons. The van der Waals surface area contributed by atoms with Crippen LogP contribution in [0.15, 0.2) is 12.7 Å². The Labute approximate surface area is 136 Å². The van der Waals surface area contributed by atoms with Crippen molar-refractivity contribution in [3.05, 3.63) is 12.7 Å². The lowest BCUT2D eigenvalue weighted by Gasteiger charge is -2.58. The first-order valence-electron chi connectivity index (χ1n) is 9.13. The number of rotatable bonds is 4. The van der Waals surface area contributed by atoms with Crippen molar-refractivity contribution in [2.75, 3.05) is 0 Å². The Bertz CT molecular complexity index is 466. The van der Waals surface area contributed by atoms with E-state index in [2.05, 4.69) is 20.4 Å². The Hall–Kier alpha value is -0.340. The van der Waals surface area contributed by atoms with Crippen LogP contribution in [0, 0.1) is 28.6 Å². The third kappa shape index (κ3) is 2.38. The second-order valence-electron chi connectivity index (χ2n) is 9.55. The summed E-state index contributed by atoms with van der Waals surface area (Å²) >= 11 is 0. The second kappa shape index (κ2) is 4.83. The molecule has 22 heavy (non-hydrogen) atoms. The molecule has 0 aromatic carbocycles. The van der Waals surface area contributed by atoms with Gasteiger partial charge in [0, 0.05) is 0 Å². The van der Waals surface area contributed by atoms with Crippen LogP contribution in [0.3, 0.4) is 0 Å². The topological polar surface area (TPSA) is 40.5 Å². The van der Waals surface area contributed by atoms with Gasteiger partial charge in [-0.1, -0.05) is 19.9 Å². The molecule has 0 bridgehead atoms. The predicted octanol–water partition coefficient (Wildman–Crippen LogP) is 4.31. The summed E-state index contributed by atoms with van der Waals surface area (Å²) in [6.07, 6.45) is 9.28. The summed E-state index contributed by atoms with van der Waals surface area (Å²) in [7, 11) is 0. The van der Waals surface area contributed by atoms with Crippen LogP contribution < -0.4 is 0 Å². The maximum absolute atomic E-state index is 11.1. The Morgan fingerprint density at radius 2 is 1.86 bits per heavy atom. The second-order valence-corrected chi connectivity index (χ2v) is 9.55. The lowest BCUT2D eigenvalue weighted by Crippen LogP contribution is -2.56. The monoisotopic (exact) mass is 306 g/mol. The summed E-state index contributed by atoms with van der Waals surface area (Å²) in [5.41, 5.74) is -0.663. The molecule has 0 heterocycles. The fourth-order valence-corrected chi connectivity index (χ4v) is 6.32. The predicted molar refractivity (Wildman–Crippen MR) is 90.4 cm³/mol. The van der Waals surface area contributed by atoms with Crippen molar-refractivity contribution < 1.29 is 10.2 Å². The summed E-state index contributed by atoms with van der Waals surface area (Å²) in [6, 6.07) is 0. The minimum absolute atomic E-state index is 0.223. The summed E-state index contributed by atoms with van der Waals surface area (Å²) in [5, 5.41) is 21.4. The molecule has 3 rings (SSSR count). The highest BCUT2D eigenvalue weighted by atomic mass is 16.3. The lowest BCUT2D eigenvalue weighted by molar-refractivity contribution is -0.157. The highest BCUT2D eigenvalue weighted by molar-refractivity contribution is 5.16. The molecule has 0 saturated heterocycles. The van der Waals surface area contributed by atoms with Gasteiger partial charge in [0.15, 0.2) is 0 Å². The van der Waals surface area contributed by atoms with E-state index in [1.807, 2.05) is 13.8 Å². The van der Waals surface area contributed by atoms with Crippen molar-refractivity contribution in [3.63, 3.8) is 0 Å². The van der Waals surface area contributed by atoms with Gasteiger partial charge in [0.05, 0.1) is 11.2 Å². The number of hydrogen-bond donors (Lipinski definition) is 2. The summed E-state index contributed by atoms with van der Waals surface area (Å²) in [4.78, 5) is 0. The first-order valence-corrected chi connectivity index (χ1v) is 9.13. The van der Waals surface area contributed by atoms with E-state index in [-0.39, 0.29) is 11.3 Å². The molecular weight excluding hydrogens is 272 g/mol. The van der Waals surface area contributed by atoms with Gasteiger partial charge in [0.1, 0.15) is 0 Å². The van der Waals surface area contributed by atoms with Crippen molar-refractivity contribution in [1.29, 1.82) is 0 Å². The average Bonchev–Trinajstić information content (AvgIpc) is 3.08. The molecule has 2 nitrogen and oxygen atoms in total. The molecule has 3 saturated carbocycles. The normalized spacial score (nSPS) is 53.1. The van der Waals surface area contributed by atoms with Crippen LogP contribution in [0.4, 0.5) is 0 Å². The number of fused-ring (bicyclic) bond motifs is 3. The standard InChI is InChI=1S/C20H34O2/c1-6-17(2,21)10-8-16-18(3)11-7-14-13-19(14,4)15(18)9-12-20(16,5)22/h6,14-16,21-22H,1,7-13H2,2-5H3/t14-,15-,16+,17+,18-,19+,20-/m1/s1. The van der Waals surface area contributed by atoms with Gasteiger partial charge in [0.2, 0.25) is 0 Å². The van der Waals surface area contributed by atoms with Gasteiger partial charge >= 0.3 is 0 Å². The lowest BCUT2D eigenvalue weighted by atomic mass is 9.48. The molecule has 0 aromatic rings. The van der Waals surface area contributed by atoms with E-state index in [9.17, 15) is 10.2 Å². The minimum Gasteiger partial charge on any atom is -0.390 e. The average molecular weight is 306 g/mol. The van der Waals surface area contributed by atoms with E-state index in [4.69, 9.17) is 0 Å². The molecule has 3 aliphatic carbocycles. The van der Waals surface area contributed by atoms with Crippen molar-refractivity contribution in [2.24, 2.45) is 28.6 Å². The molecule has 3 fully saturated rings. The molecule has 7 atom stereocenters. The van der Waals surface area contributed by atoms with Crippen LogP contribution in [0.1, 0.15) is 72.6 Å². The summed E-state index contributed by atoms with van der Waals surface area (Å²) in [6.45, 7) is 12.5. The molecule has 0 unspecified atom stereocenters. The highest BCUT2D eigenvalue weighted by Gasteiger charge is 2.67. The zero-order valence-corrected chi connectivity index (χ0v) is 14.9. The van der Waals surface area contributed by atoms with E-state index in [1.54, 1.807) is 6.08 Å². The largest absolute Gasteiger partial charge is 0.390 e. The maximum atomic E-state index is 11.1. The van der Waals surface area contributed by atoms with E-state index < -0.39 is 11.2 Å². The third-order valence-electron chi connectivity index (χ3n) is 7.95. The van der Waals surface area contributed by atoms with E-state index in [0.29, 0.717) is 11.8 Å². The van der Waals surface area contributed by atoms with E-state index in [1.165, 1.54) is 25.7 Å². The Morgan fingerprint density at radius 1 is 1.18 bits per heavy atom. The third-order valence-corrected chi connectivity index (χ3v) is 7.95. The number of hydrogen-bond acceptors (Lipinski definition) is 2. The molecule has 2 N–H and O–H groups in total. The highest BCUT2D eigenvalue weighted by Crippen LogP contribution is 2.73. The molecular formula is C20H34O2. The van der Waals surface area contributed by atoms with Gasteiger partial charge in [0.25, 0.3) is 0 Å². The van der Waals surface area contributed by atoms with Gasteiger partial charge in [-0.15, -0.1) is 6.58 Å². The Balaban J connectivity index is 1.85. The van der Waals surface area contributed by atoms with Crippen LogP contribution in [0.5, 0.6) is 0 Å². The minimum atomic E-state index is -0.819. The van der Waals surface area contributed by atoms with Crippen molar-refractivity contribution in [2.45, 2.75) is 83.8 Å². The smallest absolute Gasteiger partial charge is 0.0797 e. The van der Waals surface area contributed by atoms with Crippen LogP contribution in [-0.2, 0) is 0 Å². The van der Waals surface area contributed by atoms with Gasteiger partial charge in [-0.3, -0.25) is 0 Å². The fraction of sp³-hybridized carbons (Fsp3) is 0.900. The fourth-order valence-electron chi connectivity index (χ4n) is 6.32. The molecule has 0 aromatic heterocycles. The quantitative estimate of drug-likeness (QED) is 0.760. The van der Waals surface area contributed by atoms with E-state index in [0.717, 1.165) is 24.7 Å². The van der Waals surface area contributed by atoms with E-state index >= 15 is 0 Å². The SMILES string of the molecule is C=C[C@](C)(O)CC[C@H]1[C@]2(C)CC[C@@H]3C[C@]3(C)[C@@H]2CC[C@@]1(C)O.